The van der Waals surface area contributed by atoms with Crippen molar-refractivity contribution in [3.63, 3.8) is 0 Å². The monoisotopic (exact) mass is 263 g/mol. The van der Waals surface area contributed by atoms with Gasteiger partial charge in [0.15, 0.2) is 0 Å². The van der Waals surface area contributed by atoms with Crippen LogP contribution in [0.25, 0.3) is 10.1 Å². The lowest BCUT2D eigenvalue weighted by Crippen LogP contribution is -2.33. The first kappa shape index (κ1) is 11.9. The van der Waals surface area contributed by atoms with Crippen molar-refractivity contribution >= 4 is 21.6 Å². The van der Waals surface area contributed by atoms with Crippen molar-refractivity contribution in [2.45, 2.75) is 25.8 Å². The highest BCUT2D eigenvalue weighted by Crippen LogP contribution is 2.15. The Morgan fingerprint density at radius 1 is 1.22 bits per heavy atom. The van der Waals surface area contributed by atoms with Gasteiger partial charge in [0.25, 0.3) is 5.56 Å². The van der Waals surface area contributed by atoms with Crippen LogP contribution in [0.5, 0.6) is 0 Å². The fourth-order valence-electron chi connectivity index (χ4n) is 2.48. The zero-order chi connectivity index (χ0) is 12.4. The summed E-state index contributed by atoms with van der Waals surface area (Å²) >= 11 is 1.55. The van der Waals surface area contributed by atoms with E-state index in [1.54, 1.807) is 23.9 Å². The van der Waals surface area contributed by atoms with Gasteiger partial charge in [-0.3, -0.25) is 13.7 Å². The average molecular weight is 263 g/mol. The Bertz CT molecular complexity index is 583. The van der Waals surface area contributed by atoms with Gasteiger partial charge in [-0.15, -0.1) is 0 Å². The zero-order valence-electron chi connectivity index (χ0n) is 10.3. The average Bonchev–Trinajstić information content (AvgIpc) is 2.75. The first-order valence-electron chi connectivity index (χ1n) is 6.51. The van der Waals surface area contributed by atoms with E-state index in [9.17, 15) is 4.79 Å². The van der Waals surface area contributed by atoms with Crippen molar-refractivity contribution in [3.05, 3.63) is 28.8 Å². The zero-order valence-corrected chi connectivity index (χ0v) is 11.2. The van der Waals surface area contributed by atoms with Crippen LogP contribution in [0.1, 0.15) is 19.3 Å². The number of hydrogen-bond donors (Lipinski definition) is 0. The minimum atomic E-state index is 0.111. The molecular formula is C13H17N3OS. The maximum absolute atomic E-state index is 12.1. The summed E-state index contributed by atoms with van der Waals surface area (Å²) in [6.07, 6.45) is 7.36. The molecule has 1 fully saturated rings. The van der Waals surface area contributed by atoms with E-state index in [0.29, 0.717) is 0 Å². The smallest absolute Gasteiger partial charge is 0.270 e. The number of pyridine rings is 1. The minimum absolute atomic E-state index is 0.111. The Labute approximate surface area is 110 Å². The van der Waals surface area contributed by atoms with E-state index in [2.05, 4.69) is 9.88 Å². The summed E-state index contributed by atoms with van der Waals surface area (Å²) in [7, 11) is 0. The van der Waals surface area contributed by atoms with E-state index in [1.807, 2.05) is 10.0 Å². The van der Waals surface area contributed by atoms with E-state index in [-0.39, 0.29) is 5.56 Å². The van der Waals surface area contributed by atoms with E-state index < -0.39 is 0 Å². The maximum Gasteiger partial charge on any atom is 0.270 e. The minimum Gasteiger partial charge on any atom is -0.302 e. The van der Waals surface area contributed by atoms with Crippen molar-refractivity contribution in [1.82, 2.24) is 13.8 Å². The molecule has 0 aliphatic carbocycles. The molecule has 0 N–H and O–H groups in total. The van der Waals surface area contributed by atoms with Crippen LogP contribution in [-0.4, -0.2) is 33.5 Å². The lowest BCUT2D eigenvalue weighted by Gasteiger charge is -2.26. The van der Waals surface area contributed by atoms with Gasteiger partial charge < -0.3 is 4.90 Å². The molecule has 1 saturated heterocycles. The van der Waals surface area contributed by atoms with Gasteiger partial charge in [0.1, 0.15) is 0 Å². The number of fused-ring (bicyclic) bond motifs is 1. The summed E-state index contributed by atoms with van der Waals surface area (Å²) in [5.41, 5.74) is 0.111. The second kappa shape index (κ2) is 5.20. The molecule has 3 rings (SSSR count). The second-order valence-corrected chi connectivity index (χ2v) is 5.84. The molecule has 18 heavy (non-hydrogen) atoms. The van der Waals surface area contributed by atoms with Gasteiger partial charge in [0, 0.05) is 25.5 Å². The molecule has 0 aromatic carbocycles. The molecule has 2 aromatic rings. The molecule has 1 aliphatic rings. The van der Waals surface area contributed by atoms with Crippen molar-refractivity contribution in [3.8, 4) is 0 Å². The molecular weight excluding hydrogens is 246 g/mol. The highest BCUT2D eigenvalue weighted by Gasteiger charge is 2.12. The number of hydrogen-bond acceptors (Lipinski definition) is 4. The molecule has 0 saturated carbocycles. The standard InChI is InChI=1S/C13H17N3OS/c17-13-11-10-14-5-4-12(11)18-16(13)9-8-15-6-2-1-3-7-15/h4-5,10H,1-3,6-9H2. The van der Waals surface area contributed by atoms with Crippen LogP contribution < -0.4 is 5.56 Å². The fourth-order valence-corrected chi connectivity index (χ4v) is 3.43. The van der Waals surface area contributed by atoms with Crippen molar-refractivity contribution in [2.75, 3.05) is 19.6 Å². The molecule has 0 radical (unpaired) electrons. The molecule has 0 atom stereocenters. The normalized spacial score (nSPS) is 17.3. The summed E-state index contributed by atoms with van der Waals surface area (Å²) in [5.74, 6) is 0. The van der Waals surface area contributed by atoms with Crippen LogP contribution >= 0.6 is 11.5 Å². The lowest BCUT2D eigenvalue weighted by molar-refractivity contribution is 0.222. The molecule has 0 amide bonds. The van der Waals surface area contributed by atoms with Gasteiger partial charge >= 0.3 is 0 Å². The molecule has 96 valence electrons. The Hall–Kier alpha value is -1.20. The summed E-state index contributed by atoms with van der Waals surface area (Å²) in [5, 5.41) is 0.751. The van der Waals surface area contributed by atoms with E-state index in [4.69, 9.17) is 0 Å². The van der Waals surface area contributed by atoms with Crippen molar-refractivity contribution < 1.29 is 0 Å². The number of piperidine rings is 1. The molecule has 1 aliphatic heterocycles. The fraction of sp³-hybridized carbons (Fsp3) is 0.538. The molecule has 0 unspecified atom stereocenters. The van der Waals surface area contributed by atoms with E-state index >= 15 is 0 Å². The molecule has 4 nitrogen and oxygen atoms in total. The second-order valence-electron chi connectivity index (χ2n) is 4.77. The predicted octanol–water partition coefficient (Wildman–Crippen LogP) is 1.94. The third kappa shape index (κ3) is 2.33. The molecule has 0 bridgehead atoms. The topological polar surface area (TPSA) is 38.1 Å². The van der Waals surface area contributed by atoms with Gasteiger partial charge in [-0.2, -0.15) is 0 Å². The van der Waals surface area contributed by atoms with Crippen molar-refractivity contribution in [1.29, 1.82) is 0 Å². The van der Waals surface area contributed by atoms with Crippen LogP contribution in [-0.2, 0) is 6.54 Å². The van der Waals surface area contributed by atoms with Crippen molar-refractivity contribution in [2.24, 2.45) is 0 Å². The lowest BCUT2D eigenvalue weighted by atomic mass is 10.1. The van der Waals surface area contributed by atoms with Crippen LogP contribution in [0.15, 0.2) is 23.3 Å². The Morgan fingerprint density at radius 2 is 2.06 bits per heavy atom. The van der Waals surface area contributed by atoms with Crippen LogP contribution in [0.4, 0.5) is 0 Å². The van der Waals surface area contributed by atoms with E-state index in [1.165, 1.54) is 32.4 Å². The number of rotatable bonds is 3. The third-order valence-electron chi connectivity index (χ3n) is 3.51. The molecule has 2 aromatic heterocycles. The third-order valence-corrected chi connectivity index (χ3v) is 4.64. The summed E-state index contributed by atoms with van der Waals surface area (Å²) in [4.78, 5) is 18.6. The summed E-state index contributed by atoms with van der Waals surface area (Å²) in [6.45, 7) is 4.15. The first-order valence-corrected chi connectivity index (χ1v) is 7.28. The van der Waals surface area contributed by atoms with Gasteiger partial charge in [0.2, 0.25) is 0 Å². The quantitative estimate of drug-likeness (QED) is 0.849. The van der Waals surface area contributed by atoms with Gasteiger partial charge in [-0.25, -0.2) is 0 Å². The van der Waals surface area contributed by atoms with Crippen LogP contribution in [0.3, 0.4) is 0 Å². The molecule has 0 spiro atoms. The number of aromatic nitrogens is 2. The highest BCUT2D eigenvalue weighted by atomic mass is 32.1. The van der Waals surface area contributed by atoms with E-state index in [0.717, 1.165) is 23.2 Å². The van der Waals surface area contributed by atoms with Gasteiger partial charge in [-0.05, 0) is 32.0 Å². The predicted molar refractivity (Wildman–Crippen MR) is 74.2 cm³/mol. The Balaban J connectivity index is 1.74. The number of nitrogens with zero attached hydrogens (tertiary/aromatic N) is 3. The largest absolute Gasteiger partial charge is 0.302 e. The summed E-state index contributed by atoms with van der Waals surface area (Å²) < 4.78 is 2.90. The van der Waals surface area contributed by atoms with Crippen LogP contribution in [0, 0.1) is 0 Å². The highest BCUT2D eigenvalue weighted by molar-refractivity contribution is 7.13. The first-order chi connectivity index (χ1) is 8.84. The Morgan fingerprint density at radius 3 is 2.83 bits per heavy atom. The summed E-state index contributed by atoms with van der Waals surface area (Å²) in [6, 6.07) is 1.92. The maximum atomic E-state index is 12.1. The van der Waals surface area contributed by atoms with Gasteiger partial charge in [0.05, 0.1) is 10.1 Å². The molecule has 5 heteroatoms. The van der Waals surface area contributed by atoms with Crippen LogP contribution in [0.2, 0.25) is 0 Å². The number of likely N-dealkylation sites (tertiary alicyclic amines) is 1. The SMILES string of the molecule is O=c1c2cnccc2sn1CCN1CCCCC1. The van der Waals surface area contributed by atoms with Gasteiger partial charge in [-0.1, -0.05) is 18.0 Å². The molecule has 3 heterocycles. The Kier molecular flexibility index (Phi) is 3.43.